The highest BCUT2D eigenvalue weighted by Gasteiger charge is 2.37. The molecular formula is C17H29N3. The number of hydrogen-bond acceptors (Lipinski definition) is 2. The number of nitrogens with one attached hydrogen (secondary N) is 1. The van der Waals surface area contributed by atoms with Crippen molar-refractivity contribution in [2.45, 2.75) is 64.3 Å². The molecule has 3 rings (SSSR count). The second kappa shape index (κ2) is 5.51. The molecule has 2 fully saturated rings. The topological polar surface area (TPSA) is 29.9 Å². The van der Waals surface area contributed by atoms with Crippen molar-refractivity contribution in [2.75, 3.05) is 13.1 Å². The van der Waals surface area contributed by atoms with Crippen LogP contribution in [-0.4, -0.2) is 22.6 Å². The van der Waals surface area contributed by atoms with Crippen molar-refractivity contribution in [1.82, 2.24) is 14.9 Å². The SMILES string of the molecule is CCC1CCC(n2cncc2C2(C)CCNCC2)C1C. The standard InChI is InChI=1S/C17H29N3/c1-4-14-5-6-15(13(14)2)20-12-19-11-16(20)17(3)7-9-18-10-8-17/h11-15,18H,4-10H2,1-3H3. The molecule has 0 spiro atoms. The third-order valence-electron chi connectivity index (χ3n) is 6.06. The second-order valence-electron chi connectivity index (χ2n) is 7.17. The van der Waals surface area contributed by atoms with Crippen molar-refractivity contribution >= 4 is 0 Å². The number of rotatable bonds is 3. The molecule has 0 radical (unpaired) electrons. The maximum Gasteiger partial charge on any atom is 0.0951 e. The Morgan fingerprint density at radius 2 is 2.10 bits per heavy atom. The van der Waals surface area contributed by atoms with Gasteiger partial charge in [0.25, 0.3) is 0 Å². The fourth-order valence-electron chi connectivity index (χ4n) is 4.46. The molecule has 0 bridgehead atoms. The van der Waals surface area contributed by atoms with Gasteiger partial charge in [0.05, 0.1) is 6.33 Å². The summed E-state index contributed by atoms with van der Waals surface area (Å²) < 4.78 is 2.53. The van der Waals surface area contributed by atoms with Gasteiger partial charge in [0, 0.05) is 23.3 Å². The Bertz CT molecular complexity index is 445. The number of aromatic nitrogens is 2. The first-order chi connectivity index (χ1) is 9.65. The van der Waals surface area contributed by atoms with Crippen LogP contribution in [0.3, 0.4) is 0 Å². The minimum atomic E-state index is 0.311. The quantitative estimate of drug-likeness (QED) is 0.914. The van der Waals surface area contributed by atoms with Crippen LogP contribution in [0.4, 0.5) is 0 Å². The number of imidazole rings is 1. The van der Waals surface area contributed by atoms with Gasteiger partial charge in [-0.2, -0.15) is 0 Å². The summed E-state index contributed by atoms with van der Waals surface area (Å²) in [7, 11) is 0. The summed E-state index contributed by atoms with van der Waals surface area (Å²) in [6, 6.07) is 0.671. The van der Waals surface area contributed by atoms with Crippen molar-refractivity contribution in [3.63, 3.8) is 0 Å². The highest BCUT2D eigenvalue weighted by Crippen LogP contribution is 2.44. The van der Waals surface area contributed by atoms with Gasteiger partial charge in [-0.05, 0) is 50.6 Å². The predicted octanol–water partition coefficient (Wildman–Crippen LogP) is 3.52. The molecule has 3 unspecified atom stereocenters. The lowest BCUT2D eigenvalue weighted by atomic mass is 9.78. The van der Waals surface area contributed by atoms with Crippen molar-refractivity contribution in [3.8, 4) is 0 Å². The molecule has 1 aromatic rings. The van der Waals surface area contributed by atoms with E-state index >= 15 is 0 Å². The van der Waals surface area contributed by atoms with Gasteiger partial charge < -0.3 is 9.88 Å². The molecule has 1 N–H and O–H groups in total. The lowest BCUT2D eigenvalue weighted by Gasteiger charge is -2.36. The Morgan fingerprint density at radius 3 is 2.75 bits per heavy atom. The molecule has 1 aliphatic carbocycles. The predicted molar refractivity (Wildman–Crippen MR) is 82.9 cm³/mol. The summed E-state index contributed by atoms with van der Waals surface area (Å²) in [5.74, 6) is 1.69. The third-order valence-corrected chi connectivity index (χ3v) is 6.06. The van der Waals surface area contributed by atoms with Crippen LogP contribution in [0.5, 0.6) is 0 Å². The smallest absolute Gasteiger partial charge is 0.0951 e. The van der Waals surface area contributed by atoms with Crippen LogP contribution >= 0.6 is 0 Å². The zero-order chi connectivity index (χ0) is 14.2. The fourth-order valence-corrected chi connectivity index (χ4v) is 4.46. The average Bonchev–Trinajstić information content (AvgIpc) is 3.06. The average molecular weight is 275 g/mol. The molecule has 2 aliphatic rings. The minimum Gasteiger partial charge on any atom is -0.331 e. The summed E-state index contributed by atoms with van der Waals surface area (Å²) in [6.07, 6.45) is 10.7. The Morgan fingerprint density at radius 1 is 1.35 bits per heavy atom. The zero-order valence-electron chi connectivity index (χ0n) is 13.2. The molecule has 3 heteroatoms. The number of hydrogen-bond donors (Lipinski definition) is 1. The number of piperidine rings is 1. The summed E-state index contributed by atoms with van der Waals surface area (Å²) in [5.41, 5.74) is 1.79. The summed E-state index contributed by atoms with van der Waals surface area (Å²) in [6.45, 7) is 9.49. The van der Waals surface area contributed by atoms with E-state index in [0.29, 0.717) is 11.5 Å². The molecule has 1 saturated carbocycles. The number of nitrogens with zero attached hydrogens (tertiary/aromatic N) is 2. The van der Waals surface area contributed by atoms with E-state index in [1.165, 1.54) is 37.8 Å². The van der Waals surface area contributed by atoms with E-state index in [4.69, 9.17) is 0 Å². The zero-order valence-corrected chi connectivity index (χ0v) is 13.2. The Balaban J connectivity index is 1.87. The van der Waals surface area contributed by atoms with Crippen molar-refractivity contribution in [3.05, 3.63) is 18.2 Å². The van der Waals surface area contributed by atoms with E-state index < -0.39 is 0 Å². The molecular weight excluding hydrogens is 246 g/mol. The van der Waals surface area contributed by atoms with Crippen LogP contribution < -0.4 is 5.32 Å². The molecule has 0 aromatic carbocycles. The maximum atomic E-state index is 4.51. The molecule has 1 aromatic heterocycles. The van der Waals surface area contributed by atoms with Crippen LogP contribution in [0.1, 0.15) is 64.6 Å². The third kappa shape index (κ3) is 2.30. The van der Waals surface area contributed by atoms with E-state index in [9.17, 15) is 0 Å². The second-order valence-corrected chi connectivity index (χ2v) is 7.17. The first-order valence-electron chi connectivity index (χ1n) is 8.39. The Kier molecular flexibility index (Phi) is 3.89. The van der Waals surface area contributed by atoms with Crippen LogP contribution in [0, 0.1) is 11.8 Å². The molecule has 20 heavy (non-hydrogen) atoms. The highest BCUT2D eigenvalue weighted by atomic mass is 15.1. The fraction of sp³-hybridized carbons (Fsp3) is 0.824. The Labute approximate surface area is 123 Å². The van der Waals surface area contributed by atoms with Crippen molar-refractivity contribution in [2.24, 2.45) is 11.8 Å². The normalized spacial score (nSPS) is 33.5. The van der Waals surface area contributed by atoms with Gasteiger partial charge in [-0.15, -0.1) is 0 Å². The molecule has 1 aliphatic heterocycles. The van der Waals surface area contributed by atoms with Gasteiger partial charge in [0.15, 0.2) is 0 Å². The van der Waals surface area contributed by atoms with E-state index in [2.05, 4.69) is 48.2 Å². The van der Waals surface area contributed by atoms with Crippen LogP contribution in [0.2, 0.25) is 0 Å². The maximum absolute atomic E-state index is 4.51. The summed E-state index contributed by atoms with van der Waals surface area (Å²) in [5, 5.41) is 3.49. The first kappa shape index (κ1) is 14.1. The van der Waals surface area contributed by atoms with Crippen molar-refractivity contribution in [1.29, 1.82) is 0 Å². The minimum absolute atomic E-state index is 0.311. The van der Waals surface area contributed by atoms with Gasteiger partial charge in [-0.1, -0.05) is 27.2 Å². The van der Waals surface area contributed by atoms with Crippen molar-refractivity contribution < 1.29 is 0 Å². The highest BCUT2D eigenvalue weighted by molar-refractivity contribution is 5.17. The van der Waals surface area contributed by atoms with Crippen LogP contribution in [-0.2, 0) is 5.41 Å². The molecule has 2 heterocycles. The molecule has 3 atom stereocenters. The summed E-state index contributed by atoms with van der Waals surface area (Å²) in [4.78, 5) is 4.51. The van der Waals surface area contributed by atoms with E-state index in [1.807, 2.05) is 0 Å². The van der Waals surface area contributed by atoms with E-state index in [1.54, 1.807) is 0 Å². The molecule has 112 valence electrons. The van der Waals surface area contributed by atoms with E-state index in [0.717, 1.165) is 24.9 Å². The first-order valence-corrected chi connectivity index (χ1v) is 8.39. The lowest BCUT2D eigenvalue weighted by Crippen LogP contribution is -2.39. The van der Waals surface area contributed by atoms with Gasteiger partial charge in [-0.3, -0.25) is 0 Å². The monoisotopic (exact) mass is 275 g/mol. The largest absolute Gasteiger partial charge is 0.331 e. The van der Waals surface area contributed by atoms with E-state index in [-0.39, 0.29) is 0 Å². The Hall–Kier alpha value is -0.830. The van der Waals surface area contributed by atoms with Gasteiger partial charge >= 0.3 is 0 Å². The molecule has 1 saturated heterocycles. The lowest BCUT2D eigenvalue weighted by molar-refractivity contribution is 0.280. The van der Waals surface area contributed by atoms with Crippen LogP contribution in [0.25, 0.3) is 0 Å². The van der Waals surface area contributed by atoms with Gasteiger partial charge in [0.2, 0.25) is 0 Å². The van der Waals surface area contributed by atoms with Gasteiger partial charge in [-0.25, -0.2) is 4.98 Å². The van der Waals surface area contributed by atoms with Crippen LogP contribution in [0.15, 0.2) is 12.5 Å². The molecule has 0 amide bonds. The van der Waals surface area contributed by atoms with Gasteiger partial charge in [0.1, 0.15) is 0 Å². The summed E-state index contributed by atoms with van der Waals surface area (Å²) >= 11 is 0. The molecule has 3 nitrogen and oxygen atoms in total.